The van der Waals surface area contributed by atoms with Crippen molar-refractivity contribution in [3.63, 3.8) is 0 Å². The minimum Gasteiger partial charge on any atom is -0.329 e. The van der Waals surface area contributed by atoms with Crippen molar-refractivity contribution in [1.82, 2.24) is 5.06 Å². The number of benzene rings is 2. The van der Waals surface area contributed by atoms with Crippen LogP contribution in [0.15, 0.2) is 48.5 Å². The molecule has 1 saturated carbocycles. The molecule has 0 atom stereocenters. The van der Waals surface area contributed by atoms with E-state index < -0.39 is 23.2 Å². The lowest BCUT2D eigenvalue weighted by atomic mass is 9.59. The van der Waals surface area contributed by atoms with Gasteiger partial charge in [-0.2, -0.15) is 0 Å². The Morgan fingerprint density at radius 1 is 1.08 bits per heavy atom. The summed E-state index contributed by atoms with van der Waals surface area (Å²) < 4.78 is 0. The quantitative estimate of drug-likeness (QED) is 0.773. The fraction of sp³-hybridized carbons (Fsp3) is 0.250. The lowest BCUT2D eigenvalue weighted by Gasteiger charge is -2.44. The second kappa shape index (κ2) is 5.95. The van der Waals surface area contributed by atoms with Crippen molar-refractivity contribution >= 4 is 29.4 Å². The van der Waals surface area contributed by atoms with E-state index in [9.17, 15) is 14.4 Å². The van der Waals surface area contributed by atoms with Gasteiger partial charge in [0.25, 0.3) is 11.8 Å². The molecule has 5 nitrogen and oxygen atoms in total. The molecule has 0 saturated heterocycles. The average molecular weight is 370 g/mol. The normalized spacial score (nSPS) is 24.2. The van der Waals surface area contributed by atoms with E-state index in [0.717, 1.165) is 5.56 Å². The minimum absolute atomic E-state index is 0.240. The number of nitrogens with zero attached hydrogens (tertiary/aromatic N) is 1. The summed E-state index contributed by atoms with van der Waals surface area (Å²) in [6, 6.07) is 13.5. The maximum atomic E-state index is 13.0. The molecule has 0 unspecified atom stereocenters. The summed E-state index contributed by atoms with van der Waals surface area (Å²) in [6.45, 7) is 2.04. The van der Waals surface area contributed by atoms with Crippen LogP contribution in [-0.2, 0) is 15.0 Å². The molecular formula is C20H16ClNO4. The number of hydrogen-bond acceptors (Lipinski definition) is 4. The Kier molecular flexibility index (Phi) is 3.84. The van der Waals surface area contributed by atoms with Gasteiger partial charge in [0.2, 0.25) is 0 Å². The van der Waals surface area contributed by atoms with E-state index in [0.29, 0.717) is 28.8 Å². The first-order valence-electron chi connectivity index (χ1n) is 8.38. The molecule has 2 aromatic rings. The topological polar surface area (TPSA) is 63.7 Å². The van der Waals surface area contributed by atoms with Crippen molar-refractivity contribution in [1.29, 1.82) is 0 Å². The van der Waals surface area contributed by atoms with Gasteiger partial charge in [-0.25, -0.2) is 4.79 Å². The average Bonchev–Trinajstić information content (AvgIpc) is 2.84. The molecule has 1 aliphatic heterocycles. The molecule has 0 spiro atoms. The van der Waals surface area contributed by atoms with E-state index in [2.05, 4.69) is 0 Å². The van der Waals surface area contributed by atoms with Crippen LogP contribution >= 0.6 is 11.6 Å². The summed E-state index contributed by atoms with van der Waals surface area (Å²) in [5.41, 5.74) is 0.331. The first kappa shape index (κ1) is 16.8. The van der Waals surface area contributed by atoms with E-state index >= 15 is 0 Å². The molecule has 2 aliphatic rings. The van der Waals surface area contributed by atoms with Crippen molar-refractivity contribution in [2.45, 2.75) is 25.2 Å². The van der Waals surface area contributed by atoms with Crippen LogP contribution in [-0.4, -0.2) is 22.8 Å². The molecule has 6 heteroatoms. The molecule has 26 heavy (non-hydrogen) atoms. The van der Waals surface area contributed by atoms with Gasteiger partial charge in [-0.15, -0.1) is 0 Å². The van der Waals surface area contributed by atoms with Crippen LogP contribution in [0.4, 0.5) is 0 Å². The Bertz CT molecular complexity index is 898. The maximum Gasteiger partial charge on any atom is 0.343 e. The number of amides is 2. The molecule has 1 fully saturated rings. The van der Waals surface area contributed by atoms with Gasteiger partial charge in [-0.3, -0.25) is 9.59 Å². The van der Waals surface area contributed by atoms with E-state index in [-0.39, 0.29) is 11.1 Å². The highest BCUT2D eigenvalue weighted by Crippen LogP contribution is 2.49. The molecular weight excluding hydrogens is 354 g/mol. The molecule has 2 aromatic carbocycles. The smallest absolute Gasteiger partial charge is 0.329 e. The Morgan fingerprint density at radius 3 is 2.23 bits per heavy atom. The number of halogens is 1. The first-order valence-corrected chi connectivity index (χ1v) is 8.76. The molecule has 0 N–H and O–H groups in total. The summed E-state index contributed by atoms with van der Waals surface area (Å²) in [6.07, 6.45) is 1.16. The van der Waals surface area contributed by atoms with E-state index in [1.165, 1.54) is 0 Å². The van der Waals surface area contributed by atoms with Gasteiger partial charge in [-0.1, -0.05) is 47.9 Å². The van der Waals surface area contributed by atoms with Crippen molar-refractivity contribution in [3.05, 3.63) is 70.2 Å². The third kappa shape index (κ3) is 2.42. The van der Waals surface area contributed by atoms with Crippen LogP contribution < -0.4 is 0 Å². The van der Waals surface area contributed by atoms with Gasteiger partial charge >= 0.3 is 5.97 Å². The first-order chi connectivity index (χ1) is 12.4. The summed E-state index contributed by atoms with van der Waals surface area (Å²) in [7, 11) is 0. The van der Waals surface area contributed by atoms with Gasteiger partial charge in [0.1, 0.15) is 0 Å². The van der Waals surface area contributed by atoms with Crippen molar-refractivity contribution < 1.29 is 19.2 Å². The zero-order valence-electron chi connectivity index (χ0n) is 14.1. The number of hydroxylamine groups is 2. The SMILES string of the molecule is CC1CC(C(=O)ON2C(=O)c3ccccc3C2=O)(c2cccc(Cl)c2)C1. The molecule has 0 aromatic heterocycles. The highest BCUT2D eigenvalue weighted by atomic mass is 35.5. The van der Waals surface area contributed by atoms with Crippen LogP contribution in [0.5, 0.6) is 0 Å². The number of carbonyl (C=O) groups excluding carboxylic acids is 3. The van der Waals surface area contributed by atoms with Crippen molar-refractivity contribution in [3.8, 4) is 0 Å². The van der Waals surface area contributed by atoms with Crippen LogP contribution in [0.3, 0.4) is 0 Å². The number of imide groups is 1. The largest absolute Gasteiger partial charge is 0.343 e. The molecule has 0 bridgehead atoms. The fourth-order valence-corrected chi connectivity index (χ4v) is 4.05. The zero-order chi connectivity index (χ0) is 18.5. The minimum atomic E-state index is -0.889. The molecule has 2 amide bonds. The summed E-state index contributed by atoms with van der Waals surface area (Å²) in [5.74, 6) is -1.50. The Hall–Kier alpha value is -2.66. The summed E-state index contributed by atoms with van der Waals surface area (Å²) >= 11 is 6.08. The third-order valence-corrected chi connectivity index (χ3v) is 5.33. The van der Waals surface area contributed by atoms with Crippen LogP contribution in [0.2, 0.25) is 5.02 Å². The second-order valence-corrected chi connectivity index (χ2v) is 7.37. The van der Waals surface area contributed by atoms with E-state index in [1.54, 1.807) is 42.5 Å². The standard InChI is InChI=1S/C20H16ClNO4/c1-12-10-20(11-12,13-5-4-6-14(21)9-13)19(25)26-22-17(23)15-7-2-3-8-16(15)18(22)24/h2-9,12H,10-11H2,1H3. The maximum absolute atomic E-state index is 13.0. The fourth-order valence-electron chi connectivity index (χ4n) is 3.86. The van der Waals surface area contributed by atoms with Gasteiger partial charge < -0.3 is 4.84 Å². The third-order valence-electron chi connectivity index (χ3n) is 5.09. The monoisotopic (exact) mass is 369 g/mol. The number of fused-ring (bicyclic) bond motifs is 1. The van der Waals surface area contributed by atoms with E-state index in [4.69, 9.17) is 16.4 Å². The molecule has 1 heterocycles. The van der Waals surface area contributed by atoms with Gasteiger partial charge in [-0.05, 0) is 48.6 Å². The van der Waals surface area contributed by atoms with E-state index in [1.807, 2.05) is 13.0 Å². The predicted molar refractivity (Wildman–Crippen MR) is 94.6 cm³/mol. The van der Waals surface area contributed by atoms with Crippen molar-refractivity contribution in [2.75, 3.05) is 0 Å². The Morgan fingerprint density at radius 2 is 1.69 bits per heavy atom. The molecule has 1 aliphatic carbocycles. The molecule has 0 radical (unpaired) electrons. The summed E-state index contributed by atoms with van der Waals surface area (Å²) in [5, 5.41) is 1.09. The lowest BCUT2D eigenvalue weighted by molar-refractivity contribution is -0.181. The highest BCUT2D eigenvalue weighted by molar-refractivity contribution is 6.30. The van der Waals surface area contributed by atoms with Crippen LogP contribution in [0, 0.1) is 5.92 Å². The zero-order valence-corrected chi connectivity index (χ0v) is 14.8. The molecule has 132 valence electrons. The number of carbonyl (C=O) groups is 3. The summed E-state index contributed by atoms with van der Waals surface area (Å²) in [4.78, 5) is 43.2. The predicted octanol–water partition coefficient (Wildman–Crippen LogP) is 3.76. The number of hydrogen-bond donors (Lipinski definition) is 0. The van der Waals surface area contributed by atoms with Gasteiger partial charge in [0, 0.05) is 5.02 Å². The highest BCUT2D eigenvalue weighted by Gasteiger charge is 2.53. The second-order valence-electron chi connectivity index (χ2n) is 6.93. The lowest BCUT2D eigenvalue weighted by Crippen LogP contribution is -2.50. The number of rotatable bonds is 3. The van der Waals surface area contributed by atoms with Gasteiger partial charge in [0.05, 0.1) is 16.5 Å². The molecule has 4 rings (SSSR count). The Labute approximate surface area is 155 Å². The van der Waals surface area contributed by atoms with Gasteiger partial charge in [0.15, 0.2) is 0 Å². The van der Waals surface area contributed by atoms with Crippen LogP contribution in [0.1, 0.15) is 46.0 Å². The Balaban J connectivity index is 1.63. The van der Waals surface area contributed by atoms with Crippen molar-refractivity contribution in [2.24, 2.45) is 5.92 Å². The van der Waals surface area contributed by atoms with Crippen LogP contribution in [0.25, 0.3) is 0 Å².